The molecule has 1 amide bonds. The summed E-state index contributed by atoms with van der Waals surface area (Å²) < 4.78 is 0. The first-order valence-electron chi connectivity index (χ1n) is 6.01. The zero-order valence-corrected chi connectivity index (χ0v) is 11.5. The highest BCUT2D eigenvalue weighted by molar-refractivity contribution is 9.09. The van der Waals surface area contributed by atoms with E-state index < -0.39 is 0 Å². The number of carbonyl (C=O) groups excluding carboxylic acids is 1. The SMILES string of the molecule is CCC(CC)C(Br)CNC(=O)C1CC1C. The maximum absolute atomic E-state index is 11.6. The zero-order chi connectivity index (χ0) is 11.4. The van der Waals surface area contributed by atoms with Gasteiger partial charge in [0, 0.05) is 17.3 Å². The predicted molar refractivity (Wildman–Crippen MR) is 67.1 cm³/mol. The Kier molecular flexibility index (Phi) is 5.10. The van der Waals surface area contributed by atoms with Crippen LogP contribution in [0.25, 0.3) is 0 Å². The Morgan fingerprint density at radius 2 is 2.00 bits per heavy atom. The number of rotatable bonds is 6. The summed E-state index contributed by atoms with van der Waals surface area (Å²) in [5.41, 5.74) is 0. The third-order valence-corrected chi connectivity index (χ3v) is 4.55. The Labute approximate surface area is 101 Å². The molecule has 0 aromatic rings. The van der Waals surface area contributed by atoms with Crippen LogP contribution in [-0.2, 0) is 4.79 Å². The van der Waals surface area contributed by atoms with Crippen molar-refractivity contribution in [3.05, 3.63) is 0 Å². The van der Waals surface area contributed by atoms with Crippen molar-refractivity contribution in [2.75, 3.05) is 6.54 Å². The molecule has 3 unspecified atom stereocenters. The third-order valence-electron chi connectivity index (χ3n) is 3.48. The van der Waals surface area contributed by atoms with Gasteiger partial charge < -0.3 is 5.32 Å². The summed E-state index contributed by atoms with van der Waals surface area (Å²) in [6.45, 7) is 7.31. The van der Waals surface area contributed by atoms with E-state index in [4.69, 9.17) is 0 Å². The highest BCUT2D eigenvalue weighted by Crippen LogP contribution is 2.37. The first-order chi connectivity index (χ1) is 7.10. The second-order valence-electron chi connectivity index (χ2n) is 4.66. The normalized spacial score (nSPS) is 26.5. The van der Waals surface area contributed by atoms with Crippen molar-refractivity contribution in [3.63, 3.8) is 0 Å². The monoisotopic (exact) mass is 275 g/mol. The molecule has 0 aliphatic heterocycles. The van der Waals surface area contributed by atoms with Gasteiger partial charge >= 0.3 is 0 Å². The lowest BCUT2D eigenvalue weighted by Crippen LogP contribution is -2.34. The molecule has 1 N–H and O–H groups in total. The summed E-state index contributed by atoms with van der Waals surface area (Å²) >= 11 is 3.66. The molecule has 0 aromatic heterocycles. The van der Waals surface area contributed by atoms with E-state index in [-0.39, 0.29) is 5.91 Å². The highest BCUT2D eigenvalue weighted by atomic mass is 79.9. The maximum Gasteiger partial charge on any atom is 0.223 e. The predicted octanol–water partition coefficient (Wildman–Crippen LogP) is 2.96. The first kappa shape index (κ1) is 13.0. The number of hydrogen-bond donors (Lipinski definition) is 1. The first-order valence-corrected chi connectivity index (χ1v) is 6.93. The van der Waals surface area contributed by atoms with Gasteiger partial charge in [0.05, 0.1) is 0 Å². The molecular formula is C12H22BrNO. The number of nitrogens with one attached hydrogen (secondary N) is 1. The van der Waals surface area contributed by atoms with Crippen molar-refractivity contribution in [2.45, 2.75) is 44.9 Å². The maximum atomic E-state index is 11.6. The molecule has 0 bridgehead atoms. The molecule has 1 aliphatic rings. The van der Waals surface area contributed by atoms with Crippen LogP contribution in [0.3, 0.4) is 0 Å². The fourth-order valence-electron chi connectivity index (χ4n) is 1.98. The summed E-state index contributed by atoms with van der Waals surface area (Å²) in [5, 5.41) is 3.04. The van der Waals surface area contributed by atoms with E-state index in [9.17, 15) is 4.79 Å². The summed E-state index contributed by atoms with van der Waals surface area (Å²) in [6, 6.07) is 0. The third kappa shape index (κ3) is 3.78. The van der Waals surface area contributed by atoms with Crippen LogP contribution in [0.4, 0.5) is 0 Å². The van der Waals surface area contributed by atoms with Gasteiger partial charge in [0.2, 0.25) is 5.91 Å². The van der Waals surface area contributed by atoms with E-state index in [2.05, 4.69) is 42.0 Å². The molecule has 3 atom stereocenters. The minimum Gasteiger partial charge on any atom is -0.355 e. The van der Waals surface area contributed by atoms with E-state index in [0.717, 1.165) is 13.0 Å². The summed E-state index contributed by atoms with van der Waals surface area (Å²) in [7, 11) is 0. The van der Waals surface area contributed by atoms with Gasteiger partial charge in [0.1, 0.15) is 0 Å². The van der Waals surface area contributed by atoms with E-state index in [1.165, 1.54) is 12.8 Å². The van der Waals surface area contributed by atoms with Gasteiger partial charge in [-0.3, -0.25) is 4.79 Å². The molecule has 0 heterocycles. The number of halogens is 1. The lowest BCUT2D eigenvalue weighted by molar-refractivity contribution is -0.122. The molecular weight excluding hydrogens is 254 g/mol. The molecule has 3 heteroatoms. The molecule has 0 spiro atoms. The van der Waals surface area contributed by atoms with Crippen molar-refractivity contribution in [3.8, 4) is 0 Å². The van der Waals surface area contributed by atoms with Crippen LogP contribution in [0, 0.1) is 17.8 Å². The van der Waals surface area contributed by atoms with Crippen molar-refractivity contribution >= 4 is 21.8 Å². The summed E-state index contributed by atoms with van der Waals surface area (Å²) in [6.07, 6.45) is 3.41. The largest absolute Gasteiger partial charge is 0.355 e. The van der Waals surface area contributed by atoms with Crippen LogP contribution < -0.4 is 5.32 Å². The molecule has 1 fully saturated rings. The van der Waals surface area contributed by atoms with Crippen molar-refractivity contribution in [2.24, 2.45) is 17.8 Å². The van der Waals surface area contributed by atoms with Crippen LogP contribution in [0.2, 0.25) is 0 Å². The van der Waals surface area contributed by atoms with Gasteiger partial charge in [-0.15, -0.1) is 0 Å². The lowest BCUT2D eigenvalue weighted by atomic mass is 9.99. The van der Waals surface area contributed by atoms with Gasteiger partial charge in [-0.05, 0) is 18.3 Å². The number of alkyl halides is 1. The van der Waals surface area contributed by atoms with Crippen LogP contribution >= 0.6 is 15.9 Å². The molecule has 1 aliphatic carbocycles. The van der Waals surface area contributed by atoms with E-state index in [1.54, 1.807) is 0 Å². The molecule has 88 valence electrons. The zero-order valence-electron chi connectivity index (χ0n) is 9.92. The van der Waals surface area contributed by atoms with Crippen LogP contribution in [0.15, 0.2) is 0 Å². The standard InChI is InChI=1S/C12H22BrNO/c1-4-9(5-2)11(13)7-14-12(15)10-6-8(10)3/h8-11H,4-7H2,1-3H3,(H,14,15). The Morgan fingerprint density at radius 1 is 1.47 bits per heavy atom. The van der Waals surface area contributed by atoms with E-state index >= 15 is 0 Å². The van der Waals surface area contributed by atoms with Gasteiger partial charge in [-0.2, -0.15) is 0 Å². The number of amides is 1. The molecule has 0 aromatic carbocycles. The topological polar surface area (TPSA) is 29.1 Å². The molecule has 1 rings (SSSR count). The van der Waals surface area contributed by atoms with E-state index in [0.29, 0.717) is 22.6 Å². The molecule has 15 heavy (non-hydrogen) atoms. The van der Waals surface area contributed by atoms with Gasteiger partial charge in [0.25, 0.3) is 0 Å². The lowest BCUT2D eigenvalue weighted by Gasteiger charge is -2.19. The molecule has 0 saturated heterocycles. The van der Waals surface area contributed by atoms with Crippen molar-refractivity contribution in [1.82, 2.24) is 5.32 Å². The molecule has 2 nitrogen and oxygen atoms in total. The Balaban J connectivity index is 2.21. The fourth-order valence-corrected chi connectivity index (χ4v) is 2.89. The average molecular weight is 276 g/mol. The molecule has 1 saturated carbocycles. The Bertz CT molecular complexity index is 216. The van der Waals surface area contributed by atoms with Crippen LogP contribution in [0.1, 0.15) is 40.0 Å². The second-order valence-corrected chi connectivity index (χ2v) is 5.83. The summed E-state index contributed by atoms with van der Waals surface area (Å²) in [5.74, 6) is 1.82. The van der Waals surface area contributed by atoms with Crippen molar-refractivity contribution in [1.29, 1.82) is 0 Å². The smallest absolute Gasteiger partial charge is 0.223 e. The van der Waals surface area contributed by atoms with Gasteiger partial charge in [-0.1, -0.05) is 49.5 Å². The van der Waals surface area contributed by atoms with Crippen LogP contribution in [0.5, 0.6) is 0 Å². The fraction of sp³-hybridized carbons (Fsp3) is 0.917. The molecule has 0 radical (unpaired) electrons. The summed E-state index contributed by atoms with van der Waals surface area (Å²) in [4.78, 5) is 12.0. The van der Waals surface area contributed by atoms with Gasteiger partial charge in [-0.25, -0.2) is 0 Å². The van der Waals surface area contributed by atoms with Gasteiger partial charge in [0.15, 0.2) is 0 Å². The number of hydrogen-bond acceptors (Lipinski definition) is 1. The minimum absolute atomic E-state index is 0.248. The van der Waals surface area contributed by atoms with Crippen molar-refractivity contribution < 1.29 is 4.79 Å². The minimum atomic E-state index is 0.248. The highest BCUT2D eigenvalue weighted by Gasteiger charge is 2.39. The second kappa shape index (κ2) is 5.88. The quantitative estimate of drug-likeness (QED) is 0.742. The average Bonchev–Trinajstić information content (AvgIpc) is 2.94. The number of carbonyl (C=O) groups is 1. The van der Waals surface area contributed by atoms with Crippen LogP contribution in [-0.4, -0.2) is 17.3 Å². The Morgan fingerprint density at radius 3 is 2.40 bits per heavy atom. The Hall–Kier alpha value is -0.0500. The van der Waals surface area contributed by atoms with E-state index in [1.807, 2.05) is 0 Å².